The normalized spacial score (nSPS) is 12.3. The van der Waals surface area contributed by atoms with Crippen molar-refractivity contribution in [2.45, 2.75) is 26.1 Å². The minimum absolute atomic E-state index is 0.0867. The van der Waals surface area contributed by atoms with Gasteiger partial charge in [-0.15, -0.1) is 5.10 Å². The first-order valence-electron chi connectivity index (χ1n) is 9.50. The van der Waals surface area contributed by atoms with E-state index >= 15 is 0 Å². The van der Waals surface area contributed by atoms with Gasteiger partial charge in [0.05, 0.1) is 6.54 Å². The molecule has 0 radical (unpaired) electrons. The standard InChI is InChI=1S/C20H16F3N7OS/c1-2-16-27-30(19(32-16)24-18(31)20(21,22)23)11-12-7-9-13(10-8-12)14-5-3-4-6-15(14)17-25-28-29-26-17/h3-10H,2,11H2,1H3,(H,25,26,28,29). The lowest BCUT2D eigenvalue weighted by Gasteiger charge is -2.08. The van der Waals surface area contributed by atoms with Crippen LogP contribution in [0.15, 0.2) is 53.5 Å². The Morgan fingerprint density at radius 1 is 1.12 bits per heavy atom. The number of tetrazole rings is 1. The van der Waals surface area contributed by atoms with Crippen molar-refractivity contribution >= 4 is 17.2 Å². The molecule has 0 aliphatic rings. The molecule has 4 rings (SSSR count). The summed E-state index contributed by atoms with van der Waals surface area (Å²) < 4.78 is 39.2. The van der Waals surface area contributed by atoms with Gasteiger partial charge in [-0.3, -0.25) is 4.79 Å². The predicted molar refractivity (Wildman–Crippen MR) is 110 cm³/mol. The number of amides is 1. The Morgan fingerprint density at radius 2 is 1.84 bits per heavy atom. The lowest BCUT2D eigenvalue weighted by atomic mass is 9.98. The molecule has 0 aliphatic heterocycles. The third kappa shape index (κ3) is 4.64. The minimum Gasteiger partial charge on any atom is -0.262 e. The maximum Gasteiger partial charge on any atom is 0.473 e. The van der Waals surface area contributed by atoms with Crippen LogP contribution in [0.5, 0.6) is 0 Å². The maximum atomic E-state index is 12.6. The third-order valence-corrected chi connectivity index (χ3v) is 5.62. The Bertz CT molecular complexity index is 1290. The second kappa shape index (κ2) is 8.83. The molecular formula is C20H16F3N7OS. The Kier molecular flexibility index (Phi) is 5.95. The topological polar surface area (TPSA) is 102 Å². The zero-order chi connectivity index (χ0) is 22.7. The van der Waals surface area contributed by atoms with Crippen molar-refractivity contribution in [1.29, 1.82) is 0 Å². The number of aryl methyl sites for hydroxylation is 1. The van der Waals surface area contributed by atoms with Crippen molar-refractivity contribution in [1.82, 2.24) is 30.4 Å². The molecule has 0 unspecified atom stereocenters. The zero-order valence-electron chi connectivity index (χ0n) is 16.7. The third-order valence-electron chi connectivity index (χ3n) is 4.53. The van der Waals surface area contributed by atoms with Gasteiger partial charge >= 0.3 is 12.1 Å². The van der Waals surface area contributed by atoms with Crippen LogP contribution in [0.1, 0.15) is 17.5 Å². The fourth-order valence-corrected chi connectivity index (χ4v) is 3.84. The lowest BCUT2D eigenvalue weighted by Crippen LogP contribution is -2.26. The summed E-state index contributed by atoms with van der Waals surface area (Å²) >= 11 is 0.966. The highest BCUT2D eigenvalue weighted by atomic mass is 32.1. The molecule has 2 aromatic carbocycles. The van der Waals surface area contributed by atoms with E-state index in [1.54, 1.807) is 0 Å². The number of hydrogen-bond donors (Lipinski definition) is 1. The van der Waals surface area contributed by atoms with Gasteiger partial charge in [0.25, 0.3) is 0 Å². The number of carbonyl (C=O) groups is 1. The fraction of sp³-hybridized carbons (Fsp3) is 0.200. The van der Waals surface area contributed by atoms with Gasteiger partial charge in [-0.05, 0) is 33.5 Å². The van der Waals surface area contributed by atoms with Gasteiger partial charge in [0.1, 0.15) is 5.01 Å². The van der Waals surface area contributed by atoms with E-state index in [2.05, 4.69) is 30.7 Å². The molecule has 0 spiro atoms. The molecule has 32 heavy (non-hydrogen) atoms. The summed E-state index contributed by atoms with van der Waals surface area (Å²) in [6, 6.07) is 15.1. The van der Waals surface area contributed by atoms with Crippen LogP contribution in [0.2, 0.25) is 0 Å². The molecule has 0 atom stereocenters. The van der Waals surface area contributed by atoms with Crippen molar-refractivity contribution in [2.75, 3.05) is 0 Å². The number of aromatic nitrogens is 6. The second-order valence-corrected chi connectivity index (χ2v) is 7.74. The van der Waals surface area contributed by atoms with Crippen LogP contribution >= 0.6 is 11.3 Å². The number of nitrogens with one attached hydrogen (secondary N) is 1. The largest absolute Gasteiger partial charge is 0.473 e. The highest BCUT2D eigenvalue weighted by Crippen LogP contribution is 2.29. The number of benzene rings is 2. The van der Waals surface area contributed by atoms with Gasteiger partial charge < -0.3 is 0 Å². The van der Waals surface area contributed by atoms with Crippen LogP contribution in [0.25, 0.3) is 22.5 Å². The van der Waals surface area contributed by atoms with Crippen LogP contribution < -0.4 is 4.80 Å². The molecule has 0 saturated carbocycles. The van der Waals surface area contributed by atoms with E-state index in [4.69, 9.17) is 0 Å². The fourth-order valence-electron chi connectivity index (χ4n) is 3.01. The van der Waals surface area contributed by atoms with Gasteiger partial charge in [0.2, 0.25) is 4.80 Å². The SMILES string of the molecule is CCc1nn(Cc2ccc(-c3ccccc3-c3nnn[nH]3)cc2)c(=NC(=O)C(F)(F)F)s1. The van der Waals surface area contributed by atoms with Crippen LogP contribution in [0.3, 0.4) is 0 Å². The van der Waals surface area contributed by atoms with Crippen molar-refractivity contribution in [3.05, 3.63) is 63.9 Å². The summed E-state index contributed by atoms with van der Waals surface area (Å²) in [5.74, 6) is -1.61. The number of carbonyl (C=O) groups excluding carboxylic acids is 1. The molecule has 0 saturated heterocycles. The van der Waals surface area contributed by atoms with E-state index < -0.39 is 12.1 Å². The molecule has 0 fully saturated rings. The number of H-pyrrole nitrogens is 1. The maximum absolute atomic E-state index is 12.6. The van der Waals surface area contributed by atoms with E-state index in [-0.39, 0.29) is 11.3 Å². The van der Waals surface area contributed by atoms with E-state index in [1.165, 1.54) is 4.68 Å². The summed E-state index contributed by atoms with van der Waals surface area (Å²) in [5.41, 5.74) is 3.45. The van der Waals surface area contributed by atoms with Crippen LogP contribution in [0, 0.1) is 0 Å². The van der Waals surface area contributed by atoms with Crippen molar-refractivity contribution in [3.63, 3.8) is 0 Å². The summed E-state index contributed by atoms with van der Waals surface area (Å²) in [5, 5.41) is 18.8. The number of rotatable bonds is 5. The molecule has 164 valence electrons. The van der Waals surface area contributed by atoms with E-state index in [9.17, 15) is 18.0 Å². The van der Waals surface area contributed by atoms with Gasteiger partial charge in [-0.1, -0.05) is 66.8 Å². The summed E-state index contributed by atoms with van der Waals surface area (Å²) in [7, 11) is 0. The second-order valence-electron chi connectivity index (χ2n) is 6.70. The number of hydrogen-bond acceptors (Lipinski definition) is 6. The highest BCUT2D eigenvalue weighted by molar-refractivity contribution is 7.08. The Labute approximate surface area is 183 Å². The van der Waals surface area contributed by atoms with Gasteiger partial charge in [0.15, 0.2) is 5.82 Å². The molecule has 2 aromatic heterocycles. The molecule has 12 heteroatoms. The molecule has 0 aliphatic carbocycles. The summed E-state index contributed by atoms with van der Waals surface area (Å²) in [6.07, 6.45) is -4.51. The average molecular weight is 459 g/mol. The number of aromatic amines is 1. The van der Waals surface area contributed by atoms with Crippen LogP contribution in [-0.4, -0.2) is 42.5 Å². The van der Waals surface area contributed by atoms with Gasteiger partial charge in [0, 0.05) is 5.56 Å². The predicted octanol–water partition coefficient (Wildman–Crippen LogP) is 3.39. The average Bonchev–Trinajstić information content (AvgIpc) is 3.44. The summed E-state index contributed by atoms with van der Waals surface area (Å²) in [4.78, 5) is 14.5. The Hall–Kier alpha value is -3.67. The number of halogens is 3. The monoisotopic (exact) mass is 459 g/mol. The quantitative estimate of drug-likeness (QED) is 0.493. The number of alkyl halides is 3. The zero-order valence-corrected chi connectivity index (χ0v) is 17.5. The van der Waals surface area contributed by atoms with Crippen molar-refractivity contribution < 1.29 is 18.0 Å². The highest BCUT2D eigenvalue weighted by Gasteiger charge is 2.38. The Balaban J connectivity index is 1.63. The van der Waals surface area contributed by atoms with Crippen molar-refractivity contribution in [2.24, 2.45) is 4.99 Å². The Morgan fingerprint density at radius 3 is 2.47 bits per heavy atom. The first-order valence-corrected chi connectivity index (χ1v) is 10.3. The van der Waals surface area contributed by atoms with E-state index in [1.807, 2.05) is 55.5 Å². The van der Waals surface area contributed by atoms with Crippen LogP contribution in [-0.2, 0) is 17.8 Å². The molecule has 8 nitrogen and oxygen atoms in total. The molecular weight excluding hydrogens is 443 g/mol. The first-order chi connectivity index (χ1) is 15.3. The smallest absolute Gasteiger partial charge is 0.262 e. The molecule has 1 amide bonds. The number of nitrogens with zero attached hydrogens (tertiary/aromatic N) is 6. The molecule has 0 bridgehead atoms. The lowest BCUT2D eigenvalue weighted by molar-refractivity contribution is -0.169. The molecule has 2 heterocycles. The first kappa shape index (κ1) is 21.6. The van der Waals surface area contributed by atoms with Gasteiger partial charge in [-0.2, -0.15) is 23.3 Å². The molecule has 4 aromatic rings. The minimum atomic E-state index is -5.03. The van der Waals surface area contributed by atoms with Gasteiger partial charge in [-0.25, -0.2) is 9.78 Å². The summed E-state index contributed by atoms with van der Waals surface area (Å²) in [6.45, 7) is 2.00. The molecule has 1 N–H and O–H groups in total. The van der Waals surface area contributed by atoms with E-state index in [0.29, 0.717) is 17.3 Å². The van der Waals surface area contributed by atoms with Crippen LogP contribution in [0.4, 0.5) is 13.2 Å². The van der Waals surface area contributed by atoms with E-state index in [0.717, 1.165) is 33.6 Å². The van der Waals surface area contributed by atoms with Crippen molar-refractivity contribution in [3.8, 4) is 22.5 Å².